The second-order valence-corrected chi connectivity index (χ2v) is 7.80. The first-order chi connectivity index (χ1) is 13.0. The number of benzene rings is 1. The fourth-order valence-electron chi connectivity index (χ4n) is 2.11. The highest BCUT2D eigenvalue weighted by Crippen LogP contribution is 2.26. The van der Waals surface area contributed by atoms with Gasteiger partial charge in [-0.3, -0.25) is 4.79 Å². The number of nitrogens with zero attached hydrogens (tertiary/aromatic N) is 3. The maximum absolute atomic E-state index is 12.3. The van der Waals surface area contributed by atoms with Crippen molar-refractivity contribution >= 4 is 34.0 Å². The van der Waals surface area contributed by atoms with Crippen molar-refractivity contribution in [3.63, 3.8) is 0 Å². The molecule has 0 fully saturated rings. The van der Waals surface area contributed by atoms with E-state index in [1.807, 2.05) is 37.3 Å². The highest BCUT2D eigenvalue weighted by atomic mass is 32.2. The zero-order chi connectivity index (χ0) is 19.2. The molecular weight excluding hydrogens is 384 g/mol. The third-order valence-corrected chi connectivity index (χ3v) is 5.23. The highest BCUT2D eigenvalue weighted by Gasteiger charge is 2.20. The molecule has 0 saturated heterocycles. The van der Waals surface area contributed by atoms with Crippen LogP contribution < -0.4 is 10.1 Å². The van der Waals surface area contributed by atoms with Gasteiger partial charge in [-0.05, 0) is 43.0 Å². The van der Waals surface area contributed by atoms with Crippen molar-refractivity contribution in [3.8, 4) is 11.8 Å². The van der Waals surface area contributed by atoms with Gasteiger partial charge >= 0.3 is 0 Å². The number of rotatable bonds is 7. The van der Waals surface area contributed by atoms with Crippen molar-refractivity contribution in [2.45, 2.75) is 30.9 Å². The van der Waals surface area contributed by atoms with Gasteiger partial charge in [0.2, 0.25) is 5.91 Å². The van der Waals surface area contributed by atoms with Crippen molar-refractivity contribution in [2.24, 2.45) is 0 Å². The number of nitrogens with one attached hydrogen (secondary N) is 1. The van der Waals surface area contributed by atoms with E-state index in [2.05, 4.69) is 15.5 Å². The molecule has 0 spiro atoms. The molecule has 27 heavy (non-hydrogen) atoms. The summed E-state index contributed by atoms with van der Waals surface area (Å²) in [5.41, 5.74) is 1.54. The zero-order valence-corrected chi connectivity index (χ0v) is 16.3. The molecular formula is C18H16N4O3S2. The predicted octanol–water partition coefficient (Wildman–Crippen LogP) is 4.01. The molecule has 0 aliphatic heterocycles. The van der Waals surface area contributed by atoms with E-state index in [0.717, 1.165) is 23.1 Å². The number of carbonyl (C=O) groups is 1. The van der Waals surface area contributed by atoms with Gasteiger partial charge in [-0.1, -0.05) is 23.9 Å². The second-order valence-electron chi connectivity index (χ2n) is 5.59. The van der Waals surface area contributed by atoms with E-state index in [0.29, 0.717) is 16.5 Å². The molecule has 9 heteroatoms. The number of thiophene rings is 1. The van der Waals surface area contributed by atoms with E-state index in [1.54, 1.807) is 18.4 Å². The van der Waals surface area contributed by atoms with E-state index in [4.69, 9.17) is 14.4 Å². The molecule has 0 radical (unpaired) electrons. The van der Waals surface area contributed by atoms with Crippen molar-refractivity contribution in [3.05, 3.63) is 52.7 Å². The summed E-state index contributed by atoms with van der Waals surface area (Å²) in [7, 11) is 0. The average Bonchev–Trinajstić information content (AvgIpc) is 3.29. The molecule has 1 amide bonds. The van der Waals surface area contributed by atoms with Gasteiger partial charge in [0, 0.05) is 0 Å². The molecule has 3 aromatic rings. The summed E-state index contributed by atoms with van der Waals surface area (Å²) >= 11 is 2.45. The Bertz CT molecular complexity index is 977. The van der Waals surface area contributed by atoms with E-state index < -0.39 is 5.25 Å². The molecule has 2 aromatic heterocycles. The minimum atomic E-state index is -0.468. The van der Waals surface area contributed by atoms with Crippen LogP contribution in [0.25, 0.3) is 0 Å². The number of hydrogen-bond acceptors (Lipinski definition) is 8. The molecule has 7 nitrogen and oxygen atoms in total. The lowest BCUT2D eigenvalue weighted by molar-refractivity contribution is -0.115. The van der Waals surface area contributed by atoms with Crippen LogP contribution in [-0.4, -0.2) is 21.4 Å². The number of amides is 1. The first-order valence-corrected chi connectivity index (χ1v) is 9.78. The van der Waals surface area contributed by atoms with E-state index in [-0.39, 0.29) is 17.7 Å². The summed E-state index contributed by atoms with van der Waals surface area (Å²) < 4.78 is 11.1. The zero-order valence-electron chi connectivity index (χ0n) is 14.6. The third-order valence-electron chi connectivity index (χ3n) is 3.47. The van der Waals surface area contributed by atoms with Gasteiger partial charge in [0.05, 0.1) is 10.8 Å². The SMILES string of the molecule is Cc1cccc(OCc2nnc(S[C@@H](C)C(=O)Nc3sccc3C#N)o2)c1. The van der Waals surface area contributed by atoms with Crippen LogP contribution in [0, 0.1) is 18.3 Å². The summed E-state index contributed by atoms with van der Waals surface area (Å²) in [6.07, 6.45) is 0. The van der Waals surface area contributed by atoms with Gasteiger partial charge in [-0.15, -0.1) is 21.5 Å². The summed E-state index contributed by atoms with van der Waals surface area (Å²) in [5, 5.41) is 21.7. The monoisotopic (exact) mass is 400 g/mol. The van der Waals surface area contributed by atoms with Crippen LogP contribution in [0.15, 0.2) is 45.4 Å². The molecule has 138 valence electrons. The lowest BCUT2D eigenvalue weighted by Gasteiger charge is -2.08. The number of carbonyl (C=O) groups excluding carboxylic acids is 1. The third kappa shape index (κ3) is 5.09. The van der Waals surface area contributed by atoms with E-state index >= 15 is 0 Å². The first kappa shape index (κ1) is 18.9. The molecule has 3 rings (SSSR count). The van der Waals surface area contributed by atoms with E-state index in [1.165, 1.54) is 11.3 Å². The largest absolute Gasteiger partial charge is 0.484 e. The van der Waals surface area contributed by atoms with Crippen molar-refractivity contribution in [2.75, 3.05) is 5.32 Å². The topological polar surface area (TPSA) is 101 Å². The number of thioether (sulfide) groups is 1. The number of hydrogen-bond donors (Lipinski definition) is 1. The van der Waals surface area contributed by atoms with Gasteiger partial charge in [0.1, 0.15) is 16.8 Å². The van der Waals surface area contributed by atoms with Gasteiger partial charge in [0.25, 0.3) is 11.1 Å². The Labute approximate surface area is 164 Å². The normalized spacial score (nSPS) is 11.6. The van der Waals surface area contributed by atoms with Crippen molar-refractivity contribution in [1.82, 2.24) is 10.2 Å². The van der Waals surface area contributed by atoms with Crippen LogP contribution in [0.3, 0.4) is 0 Å². The maximum Gasteiger partial charge on any atom is 0.277 e. The fraction of sp³-hybridized carbons (Fsp3) is 0.222. The maximum atomic E-state index is 12.3. The molecule has 1 aromatic carbocycles. The molecule has 1 atom stereocenters. The predicted molar refractivity (Wildman–Crippen MR) is 103 cm³/mol. The molecule has 0 aliphatic carbocycles. The highest BCUT2D eigenvalue weighted by molar-refractivity contribution is 8.00. The standard InChI is InChI=1S/C18H16N4O3S2/c1-11-4-3-5-14(8-11)24-10-15-21-22-18(25-15)27-12(2)16(23)20-17-13(9-19)6-7-26-17/h3-8,12H,10H2,1-2H3,(H,20,23)/t12-/m0/s1. The minimum absolute atomic E-state index is 0.151. The van der Waals surface area contributed by atoms with Crippen molar-refractivity contribution in [1.29, 1.82) is 5.26 Å². The first-order valence-electron chi connectivity index (χ1n) is 8.02. The molecule has 0 unspecified atom stereocenters. The van der Waals surface area contributed by atoms with Crippen LogP contribution >= 0.6 is 23.1 Å². The van der Waals surface area contributed by atoms with Crippen LogP contribution in [0.1, 0.15) is 23.9 Å². The average molecular weight is 400 g/mol. The number of nitriles is 1. The van der Waals surface area contributed by atoms with E-state index in [9.17, 15) is 4.79 Å². The Balaban J connectivity index is 1.53. The van der Waals surface area contributed by atoms with Crippen LogP contribution in [0.2, 0.25) is 0 Å². The Hall–Kier alpha value is -2.83. The lowest BCUT2D eigenvalue weighted by Crippen LogP contribution is -2.22. The number of aromatic nitrogens is 2. The number of ether oxygens (including phenoxy) is 1. The van der Waals surface area contributed by atoms with Gasteiger partial charge in [-0.2, -0.15) is 5.26 Å². The number of anilines is 1. The Kier molecular flexibility index (Phi) is 6.11. The number of aryl methyl sites for hydroxylation is 1. The van der Waals surface area contributed by atoms with Gasteiger partial charge in [0.15, 0.2) is 6.61 Å². The molecule has 1 N–H and O–H groups in total. The lowest BCUT2D eigenvalue weighted by atomic mass is 10.2. The molecule has 2 heterocycles. The fourth-order valence-corrected chi connectivity index (χ4v) is 3.55. The molecule has 0 saturated carbocycles. The quantitative estimate of drug-likeness (QED) is 0.598. The van der Waals surface area contributed by atoms with Crippen LogP contribution in [0.5, 0.6) is 5.75 Å². The van der Waals surface area contributed by atoms with Crippen molar-refractivity contribution < 1.29 is 13.9 Å². The Morgan fingerprint density at radius 3 is 3.07 bits per heavy atom. The summed E-state index contributed by atoms with van der Waals surface area (Å²) in [5.74, 6) is 0.811. The van der Waals surface area contributed by atoms with Crippen LogP contribution in [0.4, 0.5) is 5.00 Å². The smallest absolute Gasteiger partial charge is 0.277 e. The van der Waals surface area contributed by atoms with Gasteiger partial charge in [-0.25, -0.2) is 0 Å². The summed E-state index contributed by atoms with van der Waals surface area (Å²) in [6, 6.07) is 11.4. The summed E-state index contributed by atoms with van der Waals surface area (Å²) in [4.78, 5) is 12.3. The summed E-state index contributed by atoms with van der Waals surface area (Å²) in [6.45, 7) is 3.86. The molecule has 0 bridgehead atoms. The van der Waals surface area contributed by atoms with Crippen LogP contribution in [-0.2, 0) is 11.4 Å². The Morgan fingerprint density at radius 2 is 2.30 bits per heavy atom. The minimum Gasteiger partial charge on any atom is -0.484 e. The van der Waals surface area contributed by atoms with Gasteiger partial charge < -0.3 is 14.5 Å². The molecule has 0 aliphatic rings. The second kappa shape index (κ2) is 8.70. The Morgan fingerprint density at radius 1 is 1.44 bits per heavy atom.